The average Bonchev–Trinajstić information content (AvgIpc) is 2.20. The second-order valence-corrected chi connectivity index (χ2v) is 1.94. The third-order valence-electron chi connectivity index (χ3n) is 1.23. The zero-order chi connectivity index (χ0) is 10.3. The topological polar surface area (TPSA) is 22.3 Å². The monoisotopic (exact) mass is 188 g/mol. The lowest BCUT2D eigenvalue weighted by Crippen LogP contribution is -2.40. The molecular formula is C9H15FNO2+. The van der Waals surface area contributed by atoms with Crippen LogP contribution in [-0.4, -0.2) is 14.2 Å². The summed E-state index contributed by atoms with van der Waals surface area (Å²) in [6.45, 7) is 4.00. The van der Waals surface area contributed by atoms with Crippen LogP contribution in [0.25, 0.3) is 0 Å². The van der Waals surface area contributed by atoms with Crippen molar-refractivity contribution >= 4 is 0 Å². The van der Waals surface area contributed by atoms with E-state index in [-0.39, 0.29) is 0 Å². The predicted molar refractivity (Wildman–Crippen MR) is 47.0 cm³/mol. The molecule has 0 atom stereocenters. The van der Waals surface area contributed by atoms with Crippen LogP contribution >= 0.6 is 0 Å². The van der Waals surface area contributed by atoms with Crippen LogP contribution in [0.15, 0.2) is 18.5 Å². The van der Waals surface area contributed by atoms with Gasteiger partial charge in [0.15, 0.2) is 11.6 Å². The fourth-order valence-corrected chi connectivity index (χ4v) is 0.712. The molecule has 13 heavy (non-hydrogen) atoms. The fraction of sp³-hybridized carbons (Fsp3) is 0.444. The molecule has 0 unspecified atom stereocenters. The summed E-state index contributed by atoms with van der Waals surface area (Å²) in [7, 11) is 2.91. The Labute approximate surface area is 77.7 Å². The van der Waals surface area contributed by atoms with Gasteiger partial charge >= 0.3 is 0 Å². The highest BCUT2D eigenvalue weighted by molar-refractivity contribution is 5.13. The molecule has 0 saturated heterocycles. The first-order valence-corrected chi connectivity index (χ1v) is 4.06. The number of hydrogen-bond donors (Lipinski definition) is 0. The summed E-state index contributed by atoms with van der Waals surface area (Å²) in [5.41, 5.74) is 0. The molecule has 0 spiro atoms. The van der Waals surface area contributed by atoms with Crippen molar-refractivity contribution in [1.82, 2.24) is 0 Å². The Morgan fingerprint density at radius 3 is 2.31 bits per heavy atom. The molecule has 0 aromatic carbocycles. The van der Waals surface area contributed by atoms with Crippen LogP contribution in [0, 0.1) is 5.82 Å². The van der Waals surface area contributed by atoms with Gasteiger partial charge in [0.1, 0.15) is 7.11 Å². The molecule has 1 rings (SSSR count). The number of halogens is 1. The van der Waals surface area contributed by atoms with E-state index in [2.05, 4.69) is 0 Å². The van der Waals surface area contributed by atoms with Crippen molar-refractivity contribution in [2.24, 2.45) is 0 Å². The number of hydrogen-bond acceptors (Lipinski definition) is 2. The van der Waals surface area contributed by atoms with Gasteiger partial charge < -0.3 is 4.74 Å². The van der Waals surface area contributed by atoms with E-state index >= 15 is 0 Å². The standard InChI is InChI=1S/C7H9FNO2.C2H6/c1-10-7-3-6(8)4-9(5-7)11-2;1-2/h3-5H,1-2H3;1-2H3/q+1;. The third kappa shape index (κ3) is 3.73. The van der Waals surface area contributed by atoms with E-state index in [1.807, 2.05) is 13.8 Å². The van der Waals surface area contributed by atoms with Crippen LogP contribution in [-0.2, 0) is 0 Å². The number of aromatic nitrogens is 1. The molecule has 0 amide bonds. The maximum Gasteiger partial charge on any atom is 0.264 e. The Morgan fingerprint density at radius 1 is 1.23 bits per heavy atom. The van der Waals surface area contributed by atoms with Crippen molar-refractivity contribution in [2.75, 3.05) is 14.2 Å². The maximum absolute atomic E-state index is 12.6. The average molecular weight is 188 g/mol. The number of rotatable bonds is 2. The molecule has 1 aromatic rings. The summed E-state index contributed by atoms with van der Waals surface area (Å²) in [5.74, 6) is 0.0260. The summed E-state index contributed by atoms with van der Waals surface area (Å²) < 4.78 is 18.6. The van der Waals surface area contributed by atoms with E-state index in [0.29, 0.717) is 5.75 Å². The molecule has 74 valence electrons. The van der Waals surface area contributed by atoms with Gasteiger partial charge in [0.25, 0.3) is 12.4 Å². The summed E-state index contributed by atoms with van der Waals surface area (Å²) >= 11 is 0. The van der Waals surface area contributed by atoms with E-state index in [1.54, 1.807) is 0 Å². The van der Waals surface area contributed by atoms with Gasteiger partial charge in [-0.2, -0.15) is 0 Å². The molecule has 1 heterocycles. The minimum absolute atomic E-state index is 0.397. The van der Waals surface area contributed by atoms with Gasteiger partial charge in [-0.3, -0.25) is 4.84 Å². The number of nitrogens with zero attached hydrogens (tertiary/aromatic N) is 1. The molecule has 1 aromatic heterocycles. The normalized spacial score (nSPS) is 8.38. The molecule has 3 nitrogen and oxygen atoms in total. The molecule has 4 heteroatoms. The highest BCUT2D eigenvalue weighted by atomic mass is 19.1. The summed E-state index contributed by atoms with van der Waals surface area (Å²) in [6, 6.07) is 1.27. The first-order valence-electron chi connectivity index (χ1n) is 4.06. The SMILES string of the molecule is CC.COc1cc(F)c[n+](OC)c1. The van der Waals surface area contributed by atoms with Crippen LogP contribution in [0.1, 0.15) is 13.8 Å². The predicted octanol–water partition coefficient (Wildman–Crippen LogP) is 1.21. The maximum atomic E-state index is 12.6. The molecule has 0 aliphatic carbocycles. The highest BCUT2D eigenvalue weighted by Crippen LogP contribution is 2.06. The summed E-state index contributed by atoms with van der Waals surface area (Å²) in [4.78, 5) is 4.73. The second kappa shape index (κ2) is 6.22. The Balaban J connectivity index is 0.000000671. The van der Waals surface area contributed by atoms with Gasteiger partial charge in [0, 0.05) is 10.8 Å². The summed E-state index contributed by atoms with van der Waals surface area (Å²) in [6.07, 6.45) is 2.74. The first-order chi connectivity index (χ1) is 6.26. The molecule has 0 radical (unpaired) electrons. The van der Waals surface area contributed by atoms with Gasteiger partial charge in [-0.05, 0) is 0 Å². The van der Waals surface area contributed by atoms with E-state index in [1.165, 1.54) is 37.4 Å². The van der Waals surface area contributed by atoms with Crippen LogP contribution < -0.4 is 14.3 Å². The van der Waals surface area contributed by atoms with E-state index in [9.17, 15) is 4.39 Å². The number of methoxy groups -OCH3 is 1. The minimum atomic E-state index is -0.397. The molecule has 0 bridgehead atoms. The van der Waals surface area contributed by atoms with Crippen molar-refractivity contribution in [3.8, 4) is 5.75 Å². The Kier molecular flexibility index (Phi) is 5.59. The van der Waals surface area contributed by atoms with Gasteiger partial charge in [0.05, 0.1) is 7.11 Å². The van der Waals surface area contributed by atoms with Crippen LogP contribution in [0.4, 0.5) is 4.39 Å². The van der Waals surface area contributed by atoms with Crippen molar-refractivity contribution in [1.29, 1.82) is 0 Å². The smallest absolute Gasteiger partial charge is 0.264 e. The fourth-order valence-electron chi connectivity index (χ4n) is 0.712. The number of pyridine rings is 1. The lowest BCUT2D eigenvalue weighted by molar-refractivity contribution is -0.886. The highest BCUT2D eigenvalue weighted by Gasteiger charge is 2.06. The molecular weight excluding hydrogens is 173 g/mol. The Bertz CT molecular complexity index is 231. The van der Waals surface area contributed by atoms with Gasteiger partial charge in [-0.25, -0.2) is 4.39 Å². The van der Waals surface area contributed by atoms with E-state index in [0.717, 1.165) is 0 Å². The lowest BCUT2D eigenvalue weighted by atomic mass is 10.4. The van der Waals surface area contributed by atoms with Gasteiger partial charge in [-0.1, -0.05) is 13.8 Å². The van der Waals surface area contributed by atoms with Crippen molar-refractivity contribution in [2.45, 2.75) is 13.8 Å². The Morgan fingerprint density at radius 2 is 1.85 bits per heavy atom. The Hall–Kier alpha value is -1.32. The molecule has 0 N–H and O–H groups in total. The molecule has 0 aliphatic rings. The second-order valence-electron chi connectivity index (χ2n) is 1.94. The van der Waals surface area contributed by atoms with Crippen molar-refractivity contribution in [3.63, 3.8) is 0 Å². The van der Waals surface area contributed by atoms with Gasteiger partial charge in [0.2, 0.25) is 0 Å². The lowest BCUT2D eigenvalue weighted by Gasteiger charge is -1.96. The molecule has 0 aliphatic heterocycles. The van der Waals surface area contributed by atoms with Crippen molar-refractivity contribution < 1.29 is 18.7 Å². The van der Waals surface area contributed by atoms with Crippen LogP contribution in [0.5, 0.6) is 5.75 Å². The zero-order valence-corrected chi connectivity index (χ0v) is 8.37. The van der Waals surface area contributed by atoms with Gasteiger partial charge in [-0.15, -0.1) is 0 Å². The summed E-state index contributed by atoms with van der Waals surface area (Å²) in [5, 5.41) is 0. The van der Waals surface area contributed by atoms with Crippen LogP contribution in [0.2, 0.25) is 0 Å². The molecule has 0 fully saturated rings. The van der Waals surface area contributed by atoms with E-state index in [4.69, 9.17) is 9.57 Å². The molecule has 0 saturated carbocycles. The number of ether oxygens (including phenoxy) is 1. The van der Waals surface area contributed by atoms with Crippen molar-refractivity contribution in [3.05, 3.63) is 24.3 Å². The van der Waals surface area contributed by atoms with Crippen LogP contribution in [0.3, 0.4) is 0 Å². The third-order valence-corrected chi connectivity index (χ3v) is 1.23. The zero-order valence-electron chi connectivity index (χ0n) is 8.37. The quantitative estimate of drug-likeness (QED) is 0.651. The minimum Gasteiger partial charge on any atom is -0.491 e. The largest absolute Gasteiger partial charge is 0.491 e. The first kappa shape index (κ1) is 11.7. The van der Waals surface area contributed by atoms with E-state index < -0.39 is 5.82 Å².